The molecule has 0 fully saturated rings. The Kier molecular flexibility index (Phi) is 3.68. The van der Waals surface area contributed by atoms with Crippen LogP contribution < -0.4 is 4.18 Å². The molecule has 1 unspecified atom stereocenters. The van der Waals surface area contributed by atoms with Gasteiger partial charge in [0.2, 0.25) is 8.77 Å². The van der Waals surface area contributed by atoms with Gasteiger partial charge in [-0.3, -0.25) is 0 Å². The predicted octanol–water partition coefficient (Wildman–Crippen LogP) is 3.40. The van der Waals surface area contributed by atoms with E-state index in [-0.39, 0.29) is 0 Å². The molecule has 0 spiro atoms. The zero-order chi connectivity index (χ0) is 13.2. The lowest BCUT2D eigenvalue weighted by Crippen LogP contribution is -2.08. The molecule has 0 saturated heterocycles. The van der Waals surface area contributed by atoms with Crippen molar-refractivity contribution in [1.29, 1.82) is 0 Å². The summed E-state index contributed by atoms with van der Waals surface area (Å²) in [4.78, 5) is 0.534. The molecule has 2 aromatic carbocycles. The van der Waals surface area contributed by atoms with Gasteiger partial charge in [-0.15, -0.1) is 0 Å². The van der Waals surface area contributed by atoms with Crippen LogP contribution >= 0.6 is 0 Å². The van der Waals surface area contributed by atoms with Crippen LogP contribution in [0.2, 0.25) is 0 Å². The Bertz CT molecular complexity index is 644. The van der Waals surface area contributed by atoms with Crippen molar-refractivity contribution in [2.24, 2.45) is 0 Å². The van der Waals surface area contributed by atoms with E-state index in [4.69, 9.17) is 15.4 Å². The van der Waals surface area contributed by atoms with Crippen LogP contribution in [0.15, 0.2) is 53.4 Å². The Morgan fingerprint density at radius 2 is 1.61 bits per heavy atom. The first-order chi connectivity index (χ1) is 8.49. The van der Waals surface area contributed by atoms with Crippen molar-refractivity contribution in [3.05, 3.63) is 59.7 Å². The van der Waals surface area contributed by atoms with Crippen molar-refractivity contribution in [3.63, 3.8) is 0 Å². The first kappa shape index (κ1) is 13.1. The molecule has 0 aliphatic heterocycles. The highest BCUT2D eigenvalue weighted by molar-refractivity contribution is 8.30. The summed E-state index contributed by atoms with van der Waals surface area (Å²) in [6.07, 6.45) is 0. The van der Waals surface area contributed by atoms with Gasteiger partial charge in [0.15, 0.2) is 0 Å². The summed E-state index contributed by atoms with van der Waals surface area (Å²) in [5, 5.41) is 0. The number of para-hydroxylation sites is 1. The van der Waals surface area contributed by atoms with Crippen molar-refractivity contribution in [1.82, 2.24) is 0 Å². The average Bonchev–Trinajstić information content (AvgIpc) is 2.32. The van der Waals surface area contributed by atoms with Crippen molar-refractivity contribution in [2.45, 2.75) is 18.7 Å². The third-order valence-electron chi connectivity index (χ3n) is 2.60. The Hall–Kier alpha value is -1.39. The highest BCUT2D eigenvalue weighted by Gasteiger charge is 2.13. The molecule has 0 bridgehead atoms. The molecule has 0 amide bonds. The van der Waals surface area contributed by atoms with Gasteiger partial charge in [0.1, 0.15) is 5.75 Å². The summed E-state index contributed by atoms with van der Waals surface area (Å²) in [6.45, 7) is 3.87. The number of hydrogen-bond donors (Lipinski definition) is 0. The zero-order valence-electron chi connectivity index (χ0n) is 10.3. The van der Waals surface area contributed by atoms with Gasteiger partial charge in [-0.25, -0.2) is 4.21 Å². The van der Waals surface area contributed by atoms with Gasteiger partial charge in [-0.2, -0.15) is 0 Å². The van der Waals surface area contributed by atoms with E-state index in [1.807, 2.05) is 44.2 Å². The summed E-state index contributed by atoms with van der Waals surface area (Å²) < 4.78 is 17.9. The normalized spacial score (nSPS) is 13.9. The number of rotatable bonds is 3. The number of benzene rings is 2. The molecule has 0 aromatic heterocycles. The fourth-order valence-corrected chi connectivity index (χ4v) is 3.06. The third-order valence-corrected chi connectivity index (χ3v) is 4.63. The summed E-state index contributed by atoms with van der Waals surface area (Å²) in [7, 11) is -2.92. The Morgan fingerprint density at radius 3 is 2.22 bits per heavy atom. The van der Waals surface area contributed by atoms with Gasteiger partial charge in [0.05, 0.1) is 4.90 Å². The van der Waals surface area contributed by atoms with E-state index in [0.29, 0.717) is 10.6 Å². The van der Waals surface area contributed by atoms with Crippen LogP contribution in [-0.2, 0) is 20.0 Å². The van der Waals surface area contributed by atoms with Crippen LogP contribution in [0.3, 0.4) is 0 Å². The highest BCUT2D eigenvalue weighted by atomic mass is 32.8. The third kappa shape index (κ3) is 2.89. The molecule has 2 nitrogen and oxygen atoms in total. The van der Waals surface area contributed by atoms with Crippen LogP contribution in [-0.4, -0.2) is 4.21 Å². The zero-order valence-corrected chi connectivity index (χ0v) is 11.9. The quantitative estimate of drug-likeness (QED) is 0.860. The fraction of sp³-hybridized carbons (Fsp3) is 0.143. The molecule has 0 N–H and O–H groups in total. The molecule has 0 aliphatic carbocycles. The SMILES string of the molecule is Cc1ccc(S(=O)(=S)Oc2ccccc2C)cc1. The van der Waals surface area contributed by atoms with Crippen LogP contribution in [0.4, 0.5) is 0 Å². The van der Waals surface area contributed by atoms with E-state index < -0.39 is 8.77 Å². The Balaban J connectivity index is 2.33. The first-order valence-electron chi connectivity index (χ1n) is 5.56. The van der Waals surface area contributed by atoms with Gasteiger partial charge in [-0.1, -0.05) is 35.9 Å². The molecule has 0 radical (unpaired) electrons. The minimum Gasteiger partial charge on any atom is -0.397 e. The van der Waals surface area contributed by atoms with Gasteiger partial charge in [0, 0.05) is 11.2 Å². The summed E-state index contributed by atoms with van der Waals surface area (Å²) in [6, 6.07) is 14.7. The topological polar surface area (TPSA) is 26.3 Å². The van der Waals surface area contributed by atoms with Crippen LogP contribution in [0.1, 0.15) is 11.1 Å². The maximum atomic E-state index is 12.4. The molecule has 4 heteroatoms. The minimum absolute atomic E-state index is 0.534. The Morgan fingerprint density at radius 1 is 1.00 bits per heavy atom. The molecule has 0 heterocycles. The standard InChI is InChI=1S/C14H14O2S2/c1-11-7-9-13(10-8-11)18(15,17)16-14-6-4-3-5-12(14)2/h3-10H,1-2H3. The molecular formula is C14H14O2S2. The second kappa shape index (κ2) is 5.08. The van der Waals surface area contributed by atoms with Crippen molar-refractivity contribution < 1.29 is 8.39 Å². The number of aryl methyl sites for hydroxylation is 2. The average molecular weight is 278 g/mol. The van der Waals surface area contributed by atoms with Gasteiger partial charge in [-0.05, 0) is 37.6 Å². The largest absolute Gasteiger partial charge is 0.397 e. The van der Waals surface area contributed by atoms with Gasteiger partial charge < -0.3 is 4.18 Å². The fourth-order valence-electron chi connectivity index (χ4n) is 1.52. The van der Waals surface area contributed by atoms with Gasteiger partial charge in [0.25, 0.3) is 0 Å². The Labute approximate surface area is 112 Å². The van der Waals surface area contributed by atoms with Crippen LogP contribution in [0.5, 0.6) is 5.75 Å². The van der Waals surface area contributed by atoms with Crippen molar-refractivity contribution >= 4 is 20.0 Å². The highest BCUT2D eigenvalue weighted by Crippen LogP contribution is 2.22. The molecule has 2 rings (SSSR count). The summed E-state index contributed by atoms with van der Waals surface area (Å²) >= 11 is 5.10. The maximum absolute atomic E-state index is 12.4. The second-order valence-electron chi connectivity index (χ2n) is 4.12. The lowest BCUT2D eigenvalue weighted by Gasteiger charge is -2.11. The van der Waals surface area contributed by atoms with Crippen LogP contribution in [0.25, 0.3) is 0 Å². The first-order valence-corrected chi connectivity index (χ1v) is 7.97. The molecule has 2 aromatic rings. The molecule has 0 saturated carbocycles. The van der Waals surface area contributed by atoms with E-state index in [9.17, 15) is 4.21 Å². The number of hydrogen-bond acceptors (Lipinski definition) is 3. The smallest absolute Gasteiger partial charge is 0.215 e. The summed E-state index contributed by atoms with van der Waals surface area (Å²) in [5.74, 6) is 0.568. The van der Waals surface area contributed by atoms with E-state index in [1.54, 1.807) is 18.2 Å². The molecular weight excluding hydrogens is 264 g/mol. The van der Waals surface area contributed by atoms with Crippen LogP contribution in [0, 0.1) is 13.8 Å². The van der Waals surface area contributed by atoms with Gasteiger partial charge >= 0.3 is 0 Å². The summed E-state index contributed by atoms with van der Waals surface area (Å²) in [5.41, 5.74) is 2.02. The van der Waals surface area contributed by atoms with E-state index in [1.165, 1.54) is 0 Å². The molecule has 0 aliphatic rings. The lowest BCUT2D eigenvalue weighted by molar-refractivity contribution is 0.556. The predicted molar refractivity (Wildman–Crippen MR) is 76.8 cm³/mol. The molecule has 94 valence electrons. The molecule has 1 atom stereocenters. The monoisotopic (exact) mass is 278 g/mol. The molecule has 18 heavy (non-hydrogen) atoms. The van der Waals surface area contributed by atoms with E-state index in [0.717, 1.165) is 11.1 Å². The van der Waals surface area contributed by atoms with Crippen molar-refractivity contribution in [2.75, 3.05) is 0 Å². The lowest BCUT2D eigenvalue weighted by atomic mass is 10.2. The van der Waals surface area contributed by atoms with E-state index >= 15 is 0 Å². The minimum atomic E-state index is -2.92. The van der Waals surface area contributed by atoms with E-state index in [2.05, 4.69) is 0 Å². The van der Waals surface area contributed by atoms with Crippen molar-refractivity contribution in [3.8, 4) is 5.75 Å². The maximum Gasteiger partial charge on any atom is 0.215 e. The second-order valence-corrected chi connectivity index (χ2v) is 6.98.